The van der Waals surface area contributed by atoms with Gasteiger partial charge in [0.25, 0.3) is 5.91 Å². The van der Waals surface area contributed by atoms with Crippen LogP contribution in [0.15, 0.2) is 42.5 Å². The van der Waals surface area contributed by atoms with E-state index in [2.05, 4.69) is 5.32 Å². The van der Waals surface area contributed by atoms with Gasteiger partial charge in [-0.05, 0) is 50.2 Å². The van der Waals surface area contributed by atoms with Gasteiger partial charge in [0.15, 0.2) is 0 Å². The minimum absolute atomic E-state index is 0.0361. The van der Waals surface area contributed by atoms with Crippen molar-refractivity contribution in [2.24, 2.45) is 5.41 Å². The van der Waals surface area contributed by atoms with Crippen LogP contribution in [0.25, 0.3) is 0 Å². The number of nitrogens with zero attached hydrogens (tertiary/aromatic N) is 1. The fourth-order valence-corrected chi connectivity index (χ4v) is 5.38. The Morgan fingerprint density at radius 3 is 2.44 bits per heavy atom. The van der Waals surface area contributed by atoms with Gasteiger partial charge in [0.1, 0.15) is 0 Å². The molecule has 1 aliphatic rings. The van der Waals surface area contributed by atoms with Crippen molar-refractivity contribution in [3.63, 3.8) is 0 Å². The summed E-state index contributed by atoms with van der Waals surface area (Å²) in [6.07, 6.45) is 0. The van der Waals surface area contributed by atoms with Crippen molar-refractivity contribution in [2.45, 2.75) is 13.8 Å². The van der Waals surface area contributed by atoms with Crippen LogP contribution in [0, 0.1) is 5.41 Å². The lowest BCUT2D eigenvalue weighted by Gasteiger charge is -2.19. The van der Waals surface area contributed by atoms with Gasteiger partial charge >= 0.3 is 0 Å². The molecule has 0 atom stereocenters. The van der Waals surface area contributed by atoms with E-state index < -0.39 is 27.3 Å². The molecule has 0 spiro atoms. The second-order valence-electron chi connectivity index (χ2n) is 6.84. The number of nitrogens with one attached hydrogen (secondary N) is 1. The lowest BCUT2D eigenvalue weighted by atomic mass is 9.95. The molecule has 2 aromatic rings. The number of hydrogen-bond acceptors (Lipinski definition) is 4. The van der Waals surface area contributed by atoms with Crippen molar-refractivity contribution < 1.29 is 18.0 Å². The number of carbonyl (C=O) groups is 2. The molecule has 1 heterocycles. The van der Waals surface area contributed by atoms with Crippen molar-refractivity contribution in [1.29, 1.82) is 0 Å². The summed E-state index contributed by atoms with van der Waals surface area (Å²) in [5.74, 6) is -1.40. The van der Waals surface area contributed by atoms with Crippen LogP contribution in [-0.4, -0.2) is 26.0 Å². The first kappa shape index (κ1) is 19.7. The smallest absolute Gasteiger partial charge is 0.255 e. The number of anilines is 2. The van der Waals surface area contributed by atoms with E-state index in [0.29, 0.717) is 15.0 Å². The Morgan fingerprint density at radius 1 is 1.15 bits per heavy atom. The van der Waals surface area contributed by atoms with E-state index in [1.165, 1.54) is 18.2 Å². The first-order valence-electron chi connectivity index (χ1n) is 7.95. The van der Waals surface area contributed by atoms with E-state index in [-0.39, 0.29) is 22.0 Å². The largest absolute Gasteiger partial charge is 0.322 e. The lowest BCUT2D eigenvalue weighted by molar-refractivity contribution is -0.123. The number of carbonyl (C=O) groups excluding carboxylic acids is 2. The Bertz CT molecular complexity index is 1050. The molecule has 9 heteroatoms. The van der Waals surface area contributed by atoms with Gasteiger partial charge in [0.05, 0.1) is 21.9 Å². The maximum Gasteiger partial charge on any atom is 0.255 e. The molecule has 27 heavy (non-hydrogen) atoms. The van der Waals surface area contributed by atoms with Crippen LogP contribution < -0.4 is 9.62 Å². The van der Waals surface area contributed by atoms with E-state index >= 15 is 0 Å². The third-order valence-electron chi connectivity index (χ3n) is 4.09. The van der Waals surface area contributed by atoms with Gasteiger partial charge in [0, 0.05) is 16.3 Å². The van der Waals surface area contributed by atoms with Crippen molar-refractivity contribution in [2.75, 3.05) is 15.4 Å². The first-order chi connectivity index (χ1) is 12.5. The minimum Gasteiger partial charge on any atom is -0.322 e. The molecule has 3 rings (SSSR count). The quantitative estimate of drug-likeness (QED) is 0.804. The molecule has 1 fully saturated rings. The number of rotatable bonds is 3. The summed E-state index contributed by atoms with van der Waals surface area (Å²) in [6, 6.07) is 10.7. The van der Waals surface area contributed by atoms with Gasteiger partial charge in [-0.2, -0.15) is 0 Å². The van der Waals surface area contributed by atoms with Gasteiger partial charge in [-0.25, -0.2) is 12.7 Å². The third kappa shape index (κ3) is 3.81. The summed E-state index contributed by atoms with van der Waals surface area (Å²) >= 11 is 12.0. The van der Waals surface area contributed by atoms with Gasteiger partial charge in [-0.15, -0.1) is 0 Å². The molecule has 0 saturated carbocycles. The Morgan fingerprint density at radius 2 is 1.85 bits per heavy atom. The van der Waals surface area contributed by atoms with Crippen LogP contribution in [0.5, 0.6) is 0 Å². The zero-order chi connectivity index (χ0) is 20.0. The Hall–Kier alpha value is -2.09. The number of hydrogen-bond donors (Lipinski definition) is 1. The van der Waals surface area contributed by atoms with E-state index in [1.54, 1.807) is 38.1 Å². The molecule has 0 radical (unpaired) electrons. The molecule has 0 unspecified atom stereocenters. The van der Waals surface area contributed by atoms with Gasteiger partial charge < -0.3 is 5.32 Å². The Balaban J connectivity index is 1.98. The summed E-state index contributed by atoms with van der Waals surface area (Å²) in [6.45, 7) is 3.10. The van der Waals surface area contributed by atoms with Crippen LogP contribution in [0.3, 0.4) is 0 Å². The lowest BCUT2D eigenvalue weighted by Crippen LogP contribution is -2.33. The fraction of sp³-hybridized carbons (Fsp3) is 0.222. The number of amides is 2. The Labute approximate surface area is 167 Å². The maximum atomic E-state index is 12.6. The van der Waals surface area contributed by atoms with E-state index in [9.17, 15) is 18.0 Å². The van der Waals surface area contributed by atoms with Crippen molar-refractivity contribution in [3.05, 3.63) is 58.1 Å². The first-order valence-corrected chi connectivity index (χ1v) is 10.3. The molecule has 6 nitrogen and oxygen atoms in total. The maximum absolute atomic E-state index is 12.6. The highest BCUT2D eigenvalue weighted by molar-refractivity contribution is 7.94. The Kier molecular flexibility index (Phi) is 4.96. The molecular formula is C18H16Cl2N2O4S. The second-order valence-corrected chi connectivity index (χ2v) is 9.50. The number of halogens is 2. The van der Waals surface area contributed by atoms with Crippen molar-refractivity contribution in [1.82, 2.24) is 0 Å². The van der Waals surface area contributed by atoms with E-state index in [1.807, 2.05) is 0 Å². The molecule has 0 aliphatic carbocycles. The predicted molar refractivity (Wildman–Crippen MR) is 106 cm³/mol. The topological polar surface area (TPSA) is 83.6 Å². The third-order valence-corrected chi connectivity index (χ3v) is 6.65. The summed E-state index contributed by atoms with van der Waals surface area (Å²) in [4.78, 5) is 25.1. The predicted octanol–water partition coefficient (Wildman–Crippen LogP) is 3.95. The number of sulfonamides is 1. The summed E-state index contributed by atoms with van der Waals surface area (Å²) in [5.41, 5.74) is -0.468. The van der Waals surface area contributed by atoms with Crippen LogP contribution in [-0.2, 0) is 14.8 Å². The van der Waals surface area contributed by atoms with Crippen LogP contribution >= 0.6 is 23.2 Å². The highest BCUT2D eigenvalue weighted by Gasteiger charge is 2.50. The zero-order valence-corrected chi connectivity index (χ0v) is 16.8. The zero-order valence-electron chi connectivity index (χ0n) is 14.5. The fourth-order valence-electron chi connectivity index (χ4n) is 2.82. The standard InChI is InChI=1S/C18H16Cl2N2O4S/c1-18(2)10-27(25,26)22(17(18)24)15-8-11(6-7-14(15)20)16(23)21-13-5-3-4-12(19)9-13/h3-9H,10H2,1-2H3,(H,21,23). The molecular weight excluding hydrogens is 411 g/mol. The van der Waals surface area contributed by atoms with Crippen LogP contribution in [0.2, 0.25) is 10.0 Å². The van der Waals surface area contributed by atoms with E-state index in [4.69, 9.17) is 23.2 Å². The van der Waals surface area contributed by atoms with Gasteiger partial charge in [-0.1, -0.05) is 29.3 Å². The second kappa shape index (κ2) is 6.82. The molecule has 1 N–H and O–H groups in total. The van der Waals surface area contributed by atoms with Gasteiger partial charge in [0.2, 0.25) is 15.9 Å². The molecule has 1 aliphatic heterocycles. The highest BCUT2D eigenvalue weighted by Crippen LogP contribution is 2.39. The number of benzene rings is 2. The summed E-state index contributed by atoms with van der Waals surface area (Å²) in [5, 5.41) is 3.18. The summed E-state index contributed by atoms with van der Waals surface area (Å²) in [7, 11) is -3.88. The van der Waals surface area contributed by atoms with Crippen molar-refractivity contribution in [3.8, 4) is 0 Å². The van der Waals surface area contributed by atoms with Gasteiger partial charge in [-0.3, -0.25) is 9.59 Å². The minimum atomic E-state index is -3.88. The molecule has 2 aromatic carbocycles. The van der Waals surface area contributed by atoms with E-state index in [0.717, 1.165) is 0 Å². The molecule has 142 valence electrons. The van der Waals surface area contributed by atoms with Crippen LogP contribution in [0.4, 0.5) is 11.4 Å². The SMILES string of the molecule is CC1(C)CS(=O)(=O)N(c2cc(C(=O)Nc3cccc(Cl)c3)ccc2Cl)C1=O. The average molecular weight is 427 g/mol. The monoisotopic (exact) mass is 426 g/mol. The molecule has 0 aromatic heterocycles. The summed E-state index contributed by atoms with van der Waals surface area (Å²) < 4.78 is 25.6. The highest BCUT2D eigenvalue weighted by atomic mass is 35.5. The normalized spacial score (nSPS) is 17.8. The van der Waals surface area contributed by atoms with Crippen LogP contribution in [0.1, 0.15) is 24.2 Å². The molecule has 1 saturated heterocycles. The average Bonchev–Trinajstić information content (AvgIpc) is 2.71. The molecule has 0 bridgehead atoms. The molecule has 2 amide bonds. The van der Waals surface area contributed by atoms with Crippen molar-refractivity contribution >= 4 is 56.4 Å².